The lowest BCUT2D eigenvalue weighted by Gasteiger charge is -2.09. The maximum Gasteiger partial charge on any atom is 0.305 e. The molecule has 0 aliphatic carbocycles. The molecule has 0 aliphatic rings. The fourth-order valence-electron chi connectivity index (χ4n) is 1.39. The number of carboxylic acids is 1. The van der Waals surface area contributed by atoms with Gasteiger partial charge in [0.1, 0.15) is 0 Å². The first kappa shape index (κ1) is 11.5. The molecule has 0 aromatic carbocycles. The number of hydrogen-bond acceptors (Lipinski definition) is 3. The third-order valence-corrected chi connectivity index (χ3v) is 3.63. The SMILES string of the molecule is Cc1sc(C)c(C(N)CC(=O)O)c1Cl. The molecule has 1 aromatic heterocycles. The molecule has 1 unspecified atom stereocenters. The number of halogens is 1. The van der Waals surface area contributed by atoms with Crippen LogP contribution in [0.5, 0.6) is 0 Å². The van der Waals surface area contributed by atoms with Gasteiger partial charge in [0.15, 0.2) is 0 Å². The minimum absolute atomic E-state index is 0.0866. The third-order valence-electron chi connectivity index (χ3n) is 2.00. The van der Waals surface area contributed by atoms with Crippen LogP contribution in [0.4, 0.5) is 0 Å². The first-order valence-electron chi connectivity index (χ1n) is 4.16. The van der Waals surface area contributed by atoms with Gasteiger partial charge in [-0.15, -0.1) is 11.3 Å². The lowest BCUT2D eigenvalue weighted by molar-refractivity contribution is -0.137. The van der Waals surface area contributed by atoms with Crippen LogP contribution in [0.2, 0.25) is 5.02 Å². The standard InChI is InChI=1S/C9H12ClNO2S/c1-4-8(6(11)3-7(12)13)9(10)5(2)14-4/h6H,3,11H2,1-2H3,(H,12,13). The highest BCUT2D eigenvalue weighted by atomic mass is 35.5. The molecular weight excluding hydrogens is 222 g/mol. The van der Waals surface area contributed by atoms with Crippen molar-refractivity contribution in [1.82, 2.24) is 0 Å². The van der Waals surface area contributed by atoms with Crippen LogP contribution in [-0.4, -0.2) is 11.1 Å². The average Bonchev–Trinajstić information content (AvgIpc) is 2.25. The number of carboxylic acid groups (broad SMARTS) is 1. The molecule has 1 heterocycles. The summed E-state index contributed by atoms with van der Waals surface area (Å²) in [5.74, 6) is -0.906. The molecule has 78 valence electrons. The summed E-state index contributed by atoms with van der Waals surface area (Å²) < 4.78 is 0. The molecule has 0 saturated carbocycles. The highest BCUT2D eigenvalue weighted by Crippen LogP contribution is 2.36. The summed E-state index contributed by atoms with van der Waals surface area (Å²) >= 11 is 7.58. The molecule has 1 rings (SSSR count). The summed E-state index contributed by atoms with van der Waals surface area (Å²) in [6, 6.07) is -0.509. The zero-order valence-electron chi connectivity index (χ0n) is 8.00. The van der Waals surface area contributed by atoms with Gasteiger partial charge in [-0.2, -0.15) is 0 Å². The van der Waals surface area contributed by atoms with E-state index in [1.54, 1.807) is 11.3 Å². The van der Waals surface area contributed by atoms with Crippen molar-refractivity contribution in [2.75, 3.05) is 0 Å². The van der Waals surface area contributed by atoms with Crippen LogP contribution in [0.15, 0.2) is 0 Å². The topological polar surface area (TPSA) is 63.3 Å². The van der Waals surface area contributed by atoms with E-state index in [-0.39, 0.29) is 6.42 Å². The van der Waals surface area contributed by atoms with Crippen LogP contribution >= 0.6 is 22.9 Å². The van der Waals surface area contributed by atoms with Crippen molar-refractivity contribution in [3.05, 3.63) is 20.3 Å². The van der Waals surface area contributed by atoms with Crippen molar-refractivity contribution >= 4 is 28.9 Å². The van der Waals surface area contributed by atoms with Gasteiger partial charge in [-0.1, -0.05) is 11.6 Å². The van der Waals surface area contributed by atoms with Crippen molar-refractivity contribution in [3.8, 4) is 0 Å². The van der Waals surface area contributed by atoms with E-state index >= 15 is 0 Å². The highest BCUT2D eigenvalue weighted by molar-refractivity contribution is 7.12. The first-order chi connectivity index (χ1) is 6.43. The Morgan fingerprint density at radius 1 is 1.57 bits per heavy atom. The van der Waals surface area contributed by atoms with E-state index < -0.39 is 12.0 Å². The van der Waals surface area contributed by atoms with Gasteiger partial charge in [0.2, 0.25) is 0 Å². The Morgan fingerprint density at radius 3 is 2.50 bits per heavy atom. The summed E-state index contributed by atoms with van der Waals surface area (Å²) in [7, 11) is 0. The van der Waals surface area contributed by atoms with E-state index in [0.717, 1.165) is 15.3 Å². The fourth-order valence-corrected chi connectivity index (χ4v) is 2.86. The van der Waals surface area contributed by atoms with Crippen LogP contribution in [0, 0.1) is 13.8 Å². The molecule has 14 heavy (non-hydrogen) atoms. The van der Waals surface area contributed by atoms with Gasteiger partial charge in [-0.05, 0) is 13.8 Å². The monoisotopic (exact) mass is 233 g/mol. The van der Waals surface area contributed by atoms with Crippen LogP contribution in [0.3, 0.4) is 0 Å². The Hall–Kier alpha value is -0.580. The Balaban J connectivity index is 2.99. The minimum Gasteiger partial charge on any atom is -0.481 e. The van der Waals surface area contributed by atoms with Gasteiger partial charge < -0.3 is 10.8 Å². The largest absolute Gasteiger partial charge is 0.481 e. The minimum atomic E-state index is -0.906. The molecule has 0 spiro atoms. The number of aryl methyl sites for hydroxylation is 2. The van der Waals surface area contributed by atoms with Crippen LogP contribution in [0.1, 0.15) is 27.8 Å². The molecule has 1 atom stereocenters. The van der Waals surface area contributed by atoms with Crippen molar-refractivity contribution in [1.29, 1.82) is 0 Å². The van der Waals surface area contributed by atoms with Crippen LogP contribution in [-0.2, 0) is 4.79 Å². The van der Waals surface area contributed by atoms with Gasteiger partial charge in [0.05, 0.1) is 11.4 Å². The van der Waals surface area contributed by atoms with Gasteiger partial charge in [0.25, 0.3) is 0 Å². The molecular formula is C9H12ClNO2S. The lowest BCUT2D eigenvalue weighted by atomic mass is 10.1. The third kappa shape index (κ3) is 2.26. The predicted molar refractivity (Wildman–Crippen MR) is 58.0 cm³/mol. The summed E-state index contributed by atoms with van der Waals surface area (Å²) in [5.41, 5.74) is 6.53. The Kier molecular flexibility index (Phi) is 3.53. The molecule has 0 amide bonds. The van der Waals surface area contributed by atoms with E-state index in [1.165, 1.54) is 0 Å². The number of hydrogen-bond donors (Lipinski definition) is 2. The van der Waals surface area contributed by atoms with Gasteiger partial charge in [0, 0.05) is 21.4 Å². The van der Waals surface area contributed by atoms with E-state index in [4.69, 9.17) is 22.4 Å². The second-order valence-electron chi connectivity index (χ2n) is 3.15. The smallest absolute Gasteiger partial charge is 0.305 e. The van der Waals surface area contributed by atoms with Crippen LogP contribution in [0.25, 0.3) is 0 Å². The van der Waals surface area contributed by atoms with Gasteiger partial charge in [-0.25, -0.2) is 0 Å². The maximum atomic E-state index is 10.5. The average molecular weight is 234 g/mol. The second kappa shape index (κ2) is 4.29. The number of rotatable bonds is 3. The Morgan fingerprint density at radius 2 is 2.14 bits per heavy atom. The summed E-state index contributed by atoms with van der Waals surface area (Å²) in [6.07, 6.45) is -0.0866. The number of nitrogens with two attached hydrogens (primary N) is 1. The molecule has 0 aliphatic heterocycles. The normalized spacial score (nSPS) is 12.9. The summed E-state index contributed by atoms with van der Waals surface area (Å²) in [6.45, 7) is 3.80. The second-order valence-corrected chi connectivity index (χ2v) is 4.95. The molecule has 5 heteroatoms. The molecule has 3 N–H and O–H groups in total. The van der Waals surface area contributed by atoms with Crippen LogP contribution < -0.4 is 5.73 Å². The number of thiophene rings is 1. The van der Waals surface area contributed by atoms with E-state index in [9.17, 15) is 4.79 Å². The summed E-state index contributed by atoms with van der Waals surface area (Å²) in [4.78, 5) is 12.5. The first-order valence-corrected chi connectivity index (χ1v) is 5.35. The summed E-state index contributed by atoms with van der Waals surface area (Å²) in [5, 5.41) is 9.23. The maximum absolute atomic E-state index is 10.5. The van der Waals surface area contributed by atoms with Crippen molar-refractivity contribution < 1.29 is 9.90 Å². The Bertz CT molecular complexity index is 362. The van der Waals surface area contributed by atoms with Crippen molar-refractivity contribution in [2.45, 2.75) is 26.3 Å². The molecule has 0 radical (unpaired) electrons. The van der Waals surface area contributed by atoms with E-state index in [2.05, 4.69) is 0 Å². The number of aliphatic carboxylic acids is 1. The van der Waals surface area contributed by atoms with E-state index in [0.29, 0.717) is 5.02 Å². The number of carbonyl (C=O) groups is 1. The molecule has 0 fully saturated rings. The van der Waals surface area contributed by atoms with Gasteiger partial charge in [-0.3, -0.25) is 4.79 Å². The Labute approximate surface area is 91.5 Å². The predicted octanol–water partition coefficient (Wildman–Crippen LogP) is 2.49. The van der Waals surface area contributed by atoms with Gasteiger partial charge >= 0.3 is 5.97 Å². The highest BCUT2D eigenvalue weighted by Gasteiger charge is 2.19. The molecule has 0 bridgehead atoms. The molecule has 0 saturated heterocycles. The lowest BCUT2D eigenvalue weighted by Crippen LogP contribution is -2.15. The van der Waals surface area contributed by atoms with Crippen molar-refractivity contribution in [2.24, 2.45) is 5.73 Å². The zero-order chi connectivity index (χ0) is 10.9. The zero-order valence-corrected chi connectivity index (χ0v) is 9.58. The fraction of sp³-hybridized carbons (Fsp3) is 0.444. The van der Waals surface area contributed by atoms with E-state index in [1.807, 2.05) is 13.8 Å². The quantitative estimate of drug-likeness (QED) is 0.843. The molecule has 1 aromatic rings. The molecule has 3 nitrogen and oxygen atoms in total. The van der Waals surface area contributed by atoms with Crippen molar-refractivity contribution in [3.63, 3.8) is 0 Å².